The molecule has 0 aromatic heterocycles. The SMILES string of the molecule is CN(C)C1(C2=CC=CCC=C2)CCC(=O)CC1. The fourth-order valence-corrected chi connectivity index (χ4v) is 2.83. The lowest BCUT2D eigenvalue weighted by atomic mass is 9.74. The van der Waals surface area contributed by atoms with Crippen LogP contribution in [0.2, 0.25) is 0 Å². The van der Waals surface area contributed by atoms with Gasteiger partial charge in [-0.2, -0.15) is 0 Å². The molecule has 0 atom stereocenters. The molecule has 92 valence electrons. The molecule has 0 aromatic carbocycles. The minimum atomic E-state index is 0.0547. The monoisotopic (exact) mass is 231 g/mol. The molecule has 0 amide bonds. The van der Waals surface area contributed by atoms with Crippen LogP contribution in [-0.4, -0.2) is 30.3 Å². The Kier molecular flexibility index (Phi) is 3.63. The van der Waals surface area contributed by atoms with E-state index in [2.05, 4.69) is 49.4 Å². The lowest BCUT2D eigenvalue weighted by molar-refractivity contribution is -0.122. The number of nitrogens with zero attached hydrogens (tertiary/aromatic N) is 1. The van der Waals surface area contributed by atoms with Crippen molar-refractivity contribution in [2.45, 2.75) is 37.6 Å². The number of hydrogen-bond acceptors (Lipinski definition) is 2. The van der Waals surface area contributed by atoms with Gasteiger partial charge in [0.25, 0.3) is 0 Å². The van der Waals surface area contributed by atoms with Crippen LogP contribution < -0.4 is 0 Å². The highest BCUT2D eigenvalue weighted by atomic mass is 16.1. The molecule has 1 saturated carbocycles. The van der Waals surface area contributed by atoms with Crippen molar-refractivity contribution in [1.82, 2.24) is 4.90 Å². The summed E-state index contributed by atoms with van der Waals surface area (Å²) in [5.74, 6) is 0.413. The maximum Gasteiger partial charge on any atom is 0.133 e. The number of allylic oxidation sites excluding steroid dienone is 4. The molecule has 0 spiro atoms. The van der Waals surface area contributed by atoms with Gasteiger partial charge in [-0.05, 0) is 38.9 Å². The molecule has 0 bridgehead atoms. The van der Waals surface area contributed by atoms with E-state index in [0.29, 0.717) is 18.6 Å². The number of carbonyl (C=O) groups excluding carboxylic acids is 1. The highest BCUT2D eigenvalue weighted by Gasteiger charge is 2.38. The maximum absolute atomic E-state index is 11.5. The van der Waals surface area contributed by atoms with Crippen molar-refractivity contribution >= 4 is 5.78 Å². The third-order valence-corrected chi connectivity index (χ3v) is 4.01. The first-order chi connectivity index (χ1) is 8.15. The van der Waals surface area contributed by atoms with Crippen molar-refractivity contribution < 1.29 is 4.79 Å². The first-order valence-electron chi connectivity index (χ1n) is 6.38. The van der Waals surface area contributed by atoms with Crippen molar-refractivity contribution in [3.8, 4) is 0 Å². The molecule has 0 saturated heterocycles. The van der Waals surface area contributed by atoms with E-state index < -0.39 is 0 Å². The van der Waals surface area contributed by atoms with Gasteiger partial charge in [-0.3, -0.25) is 9.69 Å². The van der Waals surface area contributed by atoms with E-state index in [1.54, 1.807) is 0 Å². The van der Waals surface area contributed by atoms with Gasteiger partial charge in [0.1, 0.15) is 5.78 Å². The summed E-state index contributed by atoms with van der Waals surface area (Å²) >= 11 is 0. The second kappa shape index (κ2) is 5.01. The van der Waals surface area contributed by atoms with Gasteiger partial charge in [-0.1, -0.05) is 30.4 Å². The highest BCUT2D eigenvalue weighted by Crippen LogP contribution is 2.38. The second-order valence-electron chi connectivity index (χ2n) is 5.15. The smallest absolute Gasteiger partial charge is 0.133 e. The van der Waals surface area contributed by atoms with Crippen LogP contribution in [0, 0.1) is 0 Å². The largest absolute Gasteiger partial charge is 0.300 e. The first kappa shape index (κ1) is 12.3. The normalized spacial score (nSPS) is 23.7. The summed E-state index contributed by atoms with van der Waals surface area (Å²) in [7, 11) is 4.25. The average Bonchev–Trinajstić information content (AvgIpc) is 2.59. The topological polar surface area (TPSA) is 20.3 Å². The van der Waals surface area contributed by atoms with E-state index in [1.807, 2.05) is 0 Å². The van der Waals surface area contributed by atoms with Crippen LogP contribution in [0.1, 0.15) is 32.1 Å². The Hall–Kier alpha value is -1.15. The van der Waals surface area contributed by atoms with Crippen molar-refractivity contribution in [3.63, 3.8) is 0 Å². The summed E-state index contributed by atoms with van der Waals surface area (Å²) in [6.45, 7) is 0. The zero-order valence-corrected chi connectivity index (χ0v) is 10.8. The Morgan fingerprint density at radius 3 is 2.53 bits per heavy atom. The van der Waals surface area contributed by atoms with Gasteiger partial charge < -0.3 is 0 Å². The first-order valence-corrected chi connectivity index (χ1v) is 6.38. The van der Waals surface area contributed by atoms with Gasteiger partial charge in [0.15, 0.2) is 0 Å². The van der Waals surface area contributed by atoms with Gasteiger partial charge in [0, 0.05) is 18.4 Å². The van der Waals surface area contributed by atoms with Gasteiger partial charge in [-0.25, -0.2) is 0 Å². The fourth-order valence-electron chi connectivity index (χ4n) is 2.83. The highest BCUT2D eigenvalue weighted by molar-refractivity contribution is 5.79. The van der Waals surface area contributed by atoms with E-state index in [0.717, 1.165) is 19.3 Å². The zero-order chi connectivity index (χ0) is 12.3. The van der Waals surface area contributed by atoms with Crippen molar-refractivity contribution in [3.05, 3.63) is 36.0 Å². The number of likely N-dealkylation sites (N-methyl/N-ethyl adjacent to an activating group) is 1. The predicted molar refractivity (Wildman–Crippen MR) is 70.9 cm³/mol. The van der Waals surface area contributed by atoms with Crippen molar-refractivity contribution in [1.29, 1.82) is 0 Å². The number of carbonyl (C=O) groups is 1. The summed E-state index contributed by atoms with van der Waals surface area (Å²) < 4.78 is 0. The summed E-state index contributed by atoms with van der Waals surface area (Å²) in [6, 6.07) is 0. The molecule has 1 fully saturated rings. The Labute approximate surface area is 104 Å². The van der Waals surface area contributed by atoms with Gasteiger partial charge in [0.2, 0.25) is 0 Å². The van der Waals surface area contributed by atoms with Crippen LogP contribution >= 0.6 is 0 Å². The molecule has 0 aromatic rings. The predicted octanol–water partition coefficient (Wildman–Crippen LogP) is 2.87. The lowest BCUT2D eigenvalue weighted by Gasteiger charge is -2.43. The van der Waals surface area contributed by atoms with Crippen LogP contribution in [0.25, 0.3) is 0 Å². The van der Waals surface area contributed by atoms with E-state index >= 15 is 0 Å². The summed E-state index contributed by atoms with van der Waals surface area (Å²) in [6.07, 6.45) is 15.3. The molecule has 2 heteroatoms. The molecule has 0 heterocycles. The number of Topliss-reactive ketones (excluding diaryl/α,β-unsaturated/α-hetero) is 1. The Bertz CT molecular complexity index is 378. The molecule has 2 rings (SSSR count). The molecule has 2 aliphatic carbocycles. The van der Waals surface area contributed by atoms with Crippen LogP contribution in [0.5, 0.6) is 0 Å². The standard InChI is InChI=1S/C15H21NO/c1-16(2)15(11-9-14(17)10-12-15)13-7-5-3-4-6-8-13/h3,5-8H,4,9-12H2,1-2H3. The quantitative estimate of drug-likeness (QED) is 0.728. The average molecular weight is 231 g/mol. The molecule has 0 unspecified atom stereocenters. The molecular formula is C15H21NO. The molecule has 2 nitrogen and oxygen atoms in total. The Morgan fingerprint density at radius 1 is 1.18 bits per heavy atom. The third kappa shape index (κ3) is 2.42. The zero-order valence-electron chi connectivity index (χ0n) is 10.8. The van der Waals surface area contributed by atoms with Crippen LogP contribution in [0.3, 0.4) is 0 Å². The molecule has 17 heavy (non-hydrogen) atoms. The minimum absolute atomic E-state index is 0.0547. The summed E-state index contributed by atoms with van der Waals surface area (Å²) in [4.78, 5) is 13.7. The van der Waals surface area contributed by atoms with Crippen LogP contribution in [0.4, 0.5) is 0 Å². The third-order valence-electron chi connectivity index (χ3n) is 4.01. The number of rotatable bonds is 2. The van der Waals surface area contributed by atoms with E-state index in [-0.39, 0.29) is 5.54 Å². The van der Waals surface area contributed by atoms with Gasteiger partial charge >= 0.3 is 0 Å². The van der Waals surface area contributed by atoms with E-state index in [9.17, 15) is 4.79 Å². The fraction of sp³-hybridized carbons (Fsp3) is 0.533. The minimum Gasteiger partial charge on any atom is -0.300 e. The number of ketones is 1. The van der Waals surface area contributed by atoms with Gasteiger partial charge in [-0.15, -0.1) is 0 Å². The van der Waals surface area contributed by atoms with Crippen molar-refractivity contribution in [2.24, 2.45) is 0 Å². The molecule has 0 N–H and O–H groups in total. The summed E-state index contributed by atoms with van der Waals surface area (Å²) in [5.41, 5.74) is 1.41. The lowest BCUT2D eigenvalue weighted by Crippen LogP contribution is -2.48. The Balaban J connectivity index is 2.31. The number of hydrogen-bond donors (Lipinski definition) is 0. The maximum atomic E-state index is 11.5. The molecule has 0 aliphatic heterocycles. The van der Waals surface area contributed by atoms with Crippen LogP contribution in [0.15, 0.2) is 36.0 Å². The second-order valence-corrected chi connectivity index (χ2v) is 5.15. The molecular weight excluding hydrogens is 210 g/mol. The molecule has 0 radical (unpaired) electrons. The summed E-state index contributed by atoms with van der Waals surface area (Å²) in [5, 5.41) is 0. The molecule has 2 aliphatic rings. The van der Waals surface area contributed by atoms with Gasteiger partial charge in [0.05, 0.1) is 0 Å². The van der Waals surface area contributed by atoms with E-state index in [4.69, 9.17) is 0 Å². The Morgan fingerprint density at radius 2 is 1.88 bits per heavy atom. The van der Waals surface area contributed by atoms with E-state index in [1.165, 1.54) is 5.57 Å². The van der Waals surface area contributed by atoms with Crippen LogP contribution in [-0.2, 0) is 4.79 Å². The van der Waals surface area contributed by atoms with Crippen molar-refractivity contribution in [2.75, 3.05) is 14.1 Å².